The van der Waals surface area contributed by atoms with Crippen molar-refractivity contribution in [3.63, 3.8) is 0 Å². The fourth-order valence-corrected chi connectivity index (χ4v) is 7.91. The van der Waals surface area contributed by atoms with Crippen molar-refractivity contribution in [1.29, 1.82) is 0 Å². The highest BCUT2D eigenvalue weighted by Crippen LogP contribution is 2.73. The topological polar surface area (TPSA) is 29.6 Å². The molecule has 132 valence electrons. The Labute approximate surface area is 146 Å². The summed E-state index contributed by atoms with van der Waals surface area (Å²) in [6.07, 6.45) is 11.8. The van der Waals surface area contributed by atoms with Crippen molar-refractivity contribution in [3.8, 4) is 0 Å². The summed E-state index contributed by atoms with van der Waals surface area (Å²) in [5.41, 5.74) is 1.89. The van der Waals surface area contributed by atoms with E-state index in [0.717, 1.165) is 24.2 Å². The number of fused-ring (bicyclic) bond motifs is 7. The Morgan fingerprint density at radius 3 is 2.75 bits per heavy atom. The smallest absolute Gasteiger partial charge is 0.164 e. The Balaban J connectivity index is 1.51. The molecule has 1 saturated heterocycles. The average Bonchev–Trinajstić information content (AvgIpc) is 3.21. The van der Waals surface area contributed by atoms with E-state index < -0.39 is 5.60 Å². The molecule has 4 fully saturated rings. The van der Waals surface area contributed by atoms with E-state index >= 15 is 0 Å². The molecule has 1 unspecified atom stereocenters. The number of Topliss-reactive ketones (excluding diaryl/α,β-unsaturated/α-hetero) is 1. The summed E-state index contributed by atoms with van der Waals surface area (Å²) < 4.78 is 6.03. The van der Waals surface area contributed by atoms with E-state index in [-0.39, 0.29) is 11.5 Å². The normalized spacial score (nSPS) is 58.0. The number of ether oxygens (including phenoxy) is 1. The molecule has 4 aliphatic carbocycles. The Bertz CT molecular complexity index is 636. The van der Waals surface area contributed by atoms with Crippen LogP contribution < -0.4 is 0 Å². The van der Waals surface area contributed by atoms with E-state index in [0.29, 0.717) is 17.1 Å². The highest BCUT2D eigenvalue weighted by Gasteiger charge is 2.79. The van der Waals surface area contributed by atoms with Gasteiger partial charge in [-0.05, 0) is 81.0 Å². The van der Waals surface area contributed by atoms with Gasteiger partial charge in [0.15, 0.2) is 11.4 Å². The number of rotatable bonds is 1. The van der Waals surface area contributed by atoms with Gasteiger partial charge in [0, 0.05) is 5.41 Å². The first-order chi connectivity index (χ1) is 11.3. The molecule has 1 aliphatic heterocycles. The molecule has 2 nitrogen and oxygen atoms in total. The first-order valence-electron chi connectivity index (χ1n) is 10.2. The molecule has 5 aliphatic rings. The van der Waals surface area contributed by atoms with E-state index in [1.165, 1.54) is 38.5 Å². The molecule has 3 saturated carbocycles. The van der Waals surface area contributed by atoms with Crippen LogP contribution in [0.5, 0.6) is 0 Å². The Morgan fingerprint density at radius 1 is 1.21 bits per heavy atom. The molecule has 8 atom stereocenters. The molecule has 0 spiro atoms. The van der Waals surface area contributed by atoms with Crippen molar-refractivity contribution in [2.75, 3.05) is 0 Å². The minimum Gasteiger partial charge on any atom is -0.357 e. The summed E-state index contributed by atoms with van der Waals surface area (Å²) in [7, 11) is 0. The van der Waals surface area contributed by atoms with Crippen LogP contribution in [0.3, 0.4) is 0 Å². The number of carbonyl (C=O) groups excluding carboxylic acids is 1. The van der Waals surface area contributed by atoms with Crippen LogP contribution in [-0.2, 0) is 9.53 Å². The summed E-state index contributed by atoms with van der Waals surface area (Å²) >= 11 is 0. The highest BCUT2D eigenvalue weighted by atomic mass is 16.6. The van der Waals surface area contributed by atoms with E-state index in [1.807, 2.05) is 0 Å². The van der Waals surface area contributed by atoms with Crippen LogP contribution in [0.15, 0.2) is 11.6 Å². The van der Waals surface area contributed by atoms with Crippen molar-refractivity contribution >= 4 is 5.78 Å². The zero-order chi connectivity index (χ0) is 16.9. The fourth-order valence-electron chi connectivity index (χ4n) is 7.91. The van der Waals surface area contributed by atoms with Gasteiger partial charge in [-0.3, -0.25) is 4.79 Å². The van der Waals surface area contributed by atoms with E-state index in [4.69, 9.17) is 4.74 Å². The zero-order valence-electron chi connectivity index (χ0n) is 15.7. The number of ketones is 1. The molecule has 0 aromatic heterocycles. The molecule has 0 amide bonds. The summed E-state index contributed by atoms with van der Waals surface area (Å²) in [4.78, 5) is 12.4. The van der Waals surface area contributed by atoms with Crippen LogP contribution in [0, 0.1) is 34.5 Å². The summed E-state index contributed by atoms with van der Waals surface area (Å²) in [6.45, 7) is 9.13. The number of allylic oxidation sites excluding steroid dienone is 2. The Hall–Kier alpha value is -0.630. The molecule has 0 radical (unpaired) electrons. The van der Waals surface area contributed by atoms with Crippen LogP contribution in [0.4, 0.5) is 0 Å². The lowest BCUT2D eigenvalue weighted by Crippen LogP contribution is -2.54. The van der Waals surface area contributed by atoms with Gasteiger partial charge in [-0.1, -0.05) is 32.4 Å². The minimum absolute atomic E-state index is 0.0916. The third-order valence-corrected chi connectivity index (χ3v) is 9.30. The first-order valence-corrected chi connectivity index (χ1v) is 10.2. The van der Waals surface area contributed by atoms with Gasteiger partial charge < -0.3 is 4.74 Å². The predicted octanol–water partition coefficient (Wildman–Crippen LogP) is 4.92. The van der Waals surface area contributed by atoms with Gasteiger partial charge in [0.25, 0.3) is 0 Å². The maximum atomic E-state index is 12.4. The maximum absolute atomic E-state index is 12.4. The summed E-state index contributed by atoms with van der Waals surface area (Å²) in [5.74, 6) is 3.46. The third-order valence-electron chi connectivity index (χ3n) is 9.30. The first kappa shape index (κ1) is 15.6. The second-order valence-corrected chi connectivity index (χ2v) is 10.2. The number of hydrogen-bond donors (Lipinski definition) is 0. The van der Waals surface area contributed by atoms with Crippen molar-refractivity contribution in [2.45, 2.75) is 84.3 Å². The summed E-state index contributed by atoms with van der Waals surface area (Å²) in [5, 5.41) is 0. The van der Waals surface area contributed by atoms with Crippen LogP contribution in [-0.4, -0.2) is 17.5 Å². The molecule has 5 rings (SSSR count). The molecule has 24 heavy (non-hydrogen) atoms. The van der Waals surface area contributed by atoms with Gasteiger partial charge in [-0.25, -0.2) is 0 Å². The quantitative estimate of drug-likeness (QED) is 0.505. The van der Waals surface area contributed by atoms with E-state index in [1.54, 1.807) is 12.5 Å². The standard InChI is InChI=1S/C22H32O2/c1-13-7-9-20(3)15(11-13)5-6-16-17(20)8-10-21(4)18(16)12-19-22(21,24-19)14(2)23/h5,13,16-19H,6-12H2,1-4H3/t13-,16-,17+,18+,19?,20+,21+,22-/m1/s1. The molecule has 0 bridgehead atoms. The van der Waals surface area contributed by atoms with Gasteiger partial charge in [-0.2, -0.15) is 0 Å². The minimum atomic E-state index is -0.408. The second kappa shape index (κ2) is 4.55. The van der Waals surface area contributed by atoms with Crippen LogP contribution in [0.25, 0.3) is 0 Å². The number of carbonyl (C=O) groups is 1. The van der Waals surface area contributed by atoms with Crippen LogP contribution in [0.1, 0.15) is 72.6 Å². The lowest BCUT2D eigenvalue weighted by Gasteiger charge is -2.58. The molecular formula is C22H32O2. The van der Waals surface area contributed by atoms with Crippen molar-refractivity contribution in [2.24, 2.45) is 34.5 Å². The number of epoxide rings is 1. The van der Waals surface area contributed by atoms with Crippen LogP contribution in [0.2, 0.25) is 0 Å². The van der Waals surface area contributed by atoms with Gasteiger partial charge in [0.05, 0.1) is 6.10 Å². The molecule has 0 aromatic carbocycles. The lowest BCUT2D eigenvalue weighted by molar-refractivity contribution is -0.135. The Kier molecular flexibility index (Phi) is 2.96. The van der Waals surface area contributed by atoms with Gasteiger partial charge in [0.1, 0.15) is 0 Å². The second-order valence-electron chi connectivity index (χ2n) is 10.2. The fraction of sp³-hybridized carbons (Fsp3) is 0.864. The zero-order valence-corrected chi connectivity index (χ0v) is 15.7. The maximum Gasteiger partial charge on any atom is 0.164 e. The van der Waals surface area contributed by atoms with Gasteiger partial charge in [-0.15, -0.1) is 0 Å². The SMILES string of the molecule is CC(=O)[C@@]12OC1C[C@H]1[C@@H]3CC=C4C[C@H](C)CC[C@]4(C)[C@H]3CC[C@@]12C. The molecule has 0 aromatic rings. The average molecular weight is 328 g/mol. The summed E-state index contributed by atoms with van der Waals surface area (Å²) in [6, 6.07) is 0. The largest absolute Gasteiger partial charge is 0.357 e. The molecular weight excluding hydrogens is 296 g/mol. The van der Waals surface area contributed by atoms with Crippen molar-refractivity contribution in [3.05, 3.63) is 11.6 Å². The van der Waals surface area contributed by atoms with E-state index in [9.17, 15) is 4.79 Å². The van der Waals surface area contributed by atoms with Crippen molar-refractivity contribution < 1.29 is 9.53 Å². The van der Waals surface area contributed by atoms with E-state index in [2.05, 4.69) is 26.8 Å². The molecule has 1 heterocycles. The van der Waals surface area contributed by atoms with Crippen molar-refractivity contribution in [1.82, 2.24) is 0 Å². The van der Waals surface area contributed by atoms with Crippen LogP contribution >= 0.6 is 0 Å². The monoisotopic (exact) mass is 328 g/mol. The number of hydrogen-bond acceptors (Lipinski definition) is 2. The predicted molar refractivity (Wildman–Crippen MR) is 94.5 cm³/mol. The molecule has 2 heteroatoms. The Morgan fingerprint density at radius 2 is 2.00 bits per heavy atom. The van der Waals surface area contributed by atoms with Gasteiger partial charge >= 0.3 is 0 Å². The lowest BCUT2D eigenvalue weighted by atomic mass is 9.46. The third kappa shape index (κ3) is 1.60. The van der Waals surface area contributed by atoms with Gasteiger partial charge in [0.2, 0.25) is 0 Å². The molecule has 0 N–H and O–H groups in total. The highest BCUT2D eigenvalue weighted by molar-refractivity contribution is 5.90.